The summed E-state index contributed by atoms with van der Waals surface area (Å²) in [5.41, 5.74) is -0.625. The molecule has 0 bridgehead atoms. The average molecular weight is 472 g/mol. The first-order chi connectivity index (χ1) is 14.9. The van der Waals surface area contributed by atoms with Gasteiger partial charge >= 0.3 is 6.03 Å². The van der Waals surface area contributed by atoms with E-state index in [1.54, 1.807) is 19.1 Å². The predicted molar refractivity (Wildman–Crippen MR) is 117 cm³/mol. The molecule has 1 atom stereocenters. The zero-order chi connectivity index (χ0) is 23.9. The fourth-order valence-corrected chi connectivity index (χ4v) is 4.11. The third-order valence-electron chi connectivity index (χ3n) is 4.58. The van der Waals surface area contributed by atoms with Gasteiger partial charge in [0.25, 0.3) is 0 Å². The Morgan fingerprint density at radius 1 is 1.34 bits per heavy atom. The standard InChI is InChI=1S/C21H30FN3O6S/c1-15(16-7-8-17(22)18(13-16)31-14-21(2,3)28)24-32(29,30)12-6-4-5-10-25-11-9-19(26)23-20(25)27/h4-5,7-8,13,15,24,28H,6,9-12,14H2,1-3H3,(H,23,26,27)/b5-4+. The van der Waals surface area contributed by atoms with E-state index >= 15 is 0 Å². The number of ether oxygens (including phenoxy) is 1. The maximum absolute atomic E-state index is 14.0. The predicted octanol–water partition coefficient (Wildman–Crippen LogP) is 1.84. The molecule has 1 aromatic rings. The molecule has 3 amide bonds. The number of hydrogen-bond acceptors (Lipinski definition) is 6. The zero-order valence-corrected chi connectivity index (χ0v) is 19.2. The molecule has 0 spiro atoms. The van der Waals surface area contributed by atoms with Crippen LogP contribution in [0.2, 0.25) is 0 Å². The van der Waals surface area contributed by atoms with Crippen molar-refractivity contribution < 1.29 is 32.2 Å². The van der Waals surface area contributed by atoms with Crippen LogP contribution in [0, 0.1) is 5.82 Å². The van der Waals surface area contributed by atoms with Crippen molar-refractivity contribution in [1.82, 2.24) is 14.9 Å². The Hall–Kier alpha value is -2.50. The molecule has 9 nitrogen and oxygen atoms in total. The number of allylic oxidation sites excluding steroid dienone is 1. The highest BCUT2D eigenvalue weighted by atomic mass is 32.2. The maximum atomic E-state index is 14.0. The molecule has 1 aliphatic rings. The van der Waals surface area contributed by atoms with E-state index in [0.29, 0.717) is 12.1 Å². The second kappa shape index (κ2) is 10.9. The van der Waals surface area contributed by atoms with Crippen molar-refractivity contribution in [3.05, 3.63) is 41.7 Å². The van der Waals surface area contributed by atoms with Gasteiger partial charge in [-0.3, -0.25) is 10.1 Å². The summed E-state index contributed by atoms with van der Waals surface area (Å²) >= 11 is 0. The van der Waals surface area contributed by atoms with Crippen LogP contribution >= 0.6 is 0 Å². The van der Waals surface area contributed by atoms with Crippen molar-refractivity contribution in [2.24, 2.45) is 0 Å². The molecule has 11 heteroatoms. The van der Waals surface area contributed by atoms with Gasteiger partial charge in [0.1, 0.15) is 6.61 Å². The topological polar surface area (TPSA) is 125 Å². The van der Waals surface area contributed by atoms with Gasteiger partial charge in [-0.2, -0.15) is 0 Å². The molecule has 1 saturated heterocycles. The molecule has 0 radical (unpaired) electrons. The summed E-state index contributed by atoms with van der Waals surface area (Å²) in [6, 6.07) is 2.98. The minimum absolute atomic E-state index is 0.0675. The Morgan fingerprint density at radius 3 is 2.72 bits per heavy atom. The highest BCUT2D eigenvalue weighted by Crippen LogP contribution is 2.24. The SMILES string of the molecule is CC(NS(=O)(=O)CC/C=C/CN1CCC(=O)NC1=O)c1ccc(F)c(OCC(C)(C)O)c1. The second-order valence-electron chi connectivity index (χ2n) is 8.26. The van der Waals surface area contributed by atoms with Gasteiger partial charge in [-0.25, -0.2) is 22.3 Å². The van der Waals surface area contributed by atoms with Crippen molar-refractivity contribution in [1.29, 1.82) is 0 Å². The molecule has 1 aromatic carbocycles. The van der Waals surface area contributed by atoms with E-state index in [2.05, 4.69) is 10.0 Å². The van der Waals surface area contributed by atoms with Crippen LogP contribution in [0.5, 0.6) is 5.75 Å². The van der Waals surface area contributed by atoms with Gasteiger partial charge in [0.15, 0.2) is 11.6 Å². The lowest BCUT2D eigenvalue weighted by Gasteiger charge is -2.25. The summed E-state index contributed by atoms with van der Waals surface area (Å²) in [5.74, 6) is -1.15. The van der Waals surface area contributed by atoms with Crippen LogP contribution in [0.1, 0.15) is 45.2 Å². The summed E-state index contributed by atoms with van der Waals surface area (Å²) in [4.78, 5) is 24.2. The third-order valence-corrected chi connectivity index (χ3v) is 6.07. The number of rotatable bonds is 11. The highest BCUT2D eigenvalue weighted by Gasteiger charge is 2.22. The van der Waals surface area contributed by atoms with Gasteiger partial charge in [-0.15, -0.1) is 0 Å². The molecule has 2 rings (SSSR count). The largest absolute Gasteiger partial charge is 0.488 e. The third kappa shape index (κ3) is 8.56. The normalized spacial score (nSPS) is 16.3. The Labute approximate surface area is 187 Å². The van der Waals surface area contributed by atoms with E-state index in [9.17, 15) is 27.5 Å². The van der Waals surface area contributed by atoms with E-state index in [4.69, 9.17) is 4.74 Å². The minimum Gasteiger partial charge on any atom is -0.488 e. The number of imide groups is 1. The zero-order valence-electron chi connectivity index (χ0n) is 18.4. The molecule has 1 heterocycles. The lowest BCUT2D eigenvalue weighted by Crippen LogP contribution is -2.49. The van der Waals surface area contributed by atoms with Crippen molar-refractivity contribution in [2.45, 2.75) is 45.3 Å². The van der Waals surface area contributed by atoms with E-state index in [1.807, 2.05) is 0 Å². The lowest BCUT2D eigenvalue weighted by molar-refractivity contribution is -0.121. The fraction of sp³-hybridized carbons (Fsp3) is 0.524. The van der Waals surface area contributed by atoms with Crippen molar-refractivity contribution >= 4 is 22.0 Å². The summed E-state index contributed by atoms with van der Waals surface area (Å²) in [7, 11) is -3.62. The number of amides is 3. The number of nitrogens with one attached hydrogen (secondary N) is 2. The first-order valence-corrected chi connectivity index (χ1v) is 11.9. The molecule has 3 N–H and O–H groups in total. The first-order valence-electron chi connectivity index (χ1n) is 10.2. The average Bonchev–Trinajstić information content (AvgIpc) is 2.67. The number of hydrogen-bond donors (Lipinski definition) is 3. The van der Waals surface area contributed by atoms with Gasteiger partial charge in [0, 0.05) is 25.6 Å². The maximum Gasteiger partial charge on any atom is 0.324 e. The molecule has 178 valence electrons. The molecule has 0 aliphatic carbocycles. The van der Waals surface area contributed by atoms with Gasteiger partial charge in [-0.1, -0.05) is 18.2 Å². The monoisotopic (exact) mass is 471 g/mol. The Kier molecular flexibility index (Phi) is 8.76. The number of aliphatic hydroxyl groups is 1. The molecular formula is C21H30FN3O6S. The molecule has 0 aromatic heterocycles. The lowest BCUT2D eigenvalue weighted by atomic mass is 10.1. The van der Waals surface area contributed by atoms with Crippen molar-refractivity contribution in [3.8, 4) is 5.75 Å². The smallest absolute Gasteiger partial charge is 0.324 e. The minimum atomic E-state index is -3.62. The Balaban J connectivity index is 1.86. The summed E-state index contributed by atoms with van der Waals surface area (Å²) in [5, 5.41) is 12.0. The van der Waals surface area contributed by atoms with Crippen molar-refractivity contribution in [2.75, 3.05) is 25.4 Å². The molecule has 32 heavy (non-hydrogen) atoms. The Morgan fingerprint density at radius 2 is 2.06 bits per heavy atom. The van der Waals surface area contributed by atoms with E-state index in [1.165, 1.54) is 36.9 Å². The molecular weight excluding hydrogens is 441 g/mol. The number of sulfonamides is 1. The van der Waals surface area contributed by atoms with E-state index in [-0.39, 0.29) is 43.4 Å². The van der Waals surface area contributed by atoms with Crippen molar-refractivity contribution in [3.63, 3.8) is 0 Å². The van der Waals surface area contributed by atoms with Crippen LogP contribution in [0.3, 0.4) is 0 Å². The quantitative estimate of drug-likeness (QED) is 0.423. The van der Waals surface area contributed by atoms with E-state index in [0.717, 1.165) is 0 Å². The van der Waals surface area contributed by atoms with E-state index < -0.39 is 33.5 Å². The number of benzene rings is 1. The van der Waals surface area contributed by atoms with Crippen LogP contribution in [-0.2, 0) is 14.8 Å². The summed E-state index contributed by atoms with van der Waals surface area (Å²) in [6.45, 7) is 5.19. The highest BCUT2D eigenvalue weighted by molar-refractivity contribution is 7.89. The van der Waals surface area contributed by atoms with Crippen LogP contribution < -0.4 is 14.8 Å². The molecule has 0 saturated carbocycles. The van der Waals surface area contributed by atoms with Gasteiger partial charge < -0.3 is 14.7 Å². The summed E-state index contributed by atoms with van der Waals surface area (Å²) < 4.78 is 46.6. The fourth-order valence-electron chi connectivity index (χ4n) is 2.87. The number of carbonyl (C=O) groups is 2. The second-order valence-corrected chi connectivity index (χ2v) is 10.1. The molecule has 1 aliphatic heterocycles. The number of urea groups is 1. The van der Waals surface area contributed by atoms with Crippen LogP contribution in [0.4, 0.5) is 9.18 Å². The molecule has 1 fully saturated rings. The van der Waals surface area contributed by atoms with Crippen LogP contribution in [0.15, 0.2) is 30.4 Å². The van der Waals surface area contributed by atoms with Gasteiger partial charge in [0.2, 0.25) is 15.9 Å². The number of carbonyl (C=O) groups excluding carboxylic acids is 2. The van der Waals surface area contributed by atoms with Gasteiger partial charge in [0.05, 0.1) is 11.4 Å². The molecule has 1 unspecified atom stereocenters. The first kappa shape index (κ1) is 25.8. The van der Waals surface area contributed by atoms with Crippen LogP contribution in [-0.4, -0.2) is 61.4 Å². The summed E-state index contributed by atoms with van der Waals surface area (Å²) in [6.07, 6.45) is 3.82. The van der Waals surface area contributed by atoms with Crippen LogP contribution in [0.25, 0.3) is 0 Å². The Bertz CT molecular complexity index is 959. The van der Waals surface area contributed by atoms with Gasteiger partial charge in [-0.05, 0) is 44.9 Å². The number of halogens is 1. The number of nitrogens with zero attached hydrogens (tertiary/aromatic N) is 1.